The lowest BCUT2D eigenvalue weighted by molar-refractivity contribution is -0.137. The van der Waals surface area contributed by atoms with E-state index < -0.39 is 0 Å². The summed E-state index contributed by atoms with van der Waals surface area (Å²) >= 11 is 0. The number of morpholine rings is 1. The first kappa shape index (κ1) is 17.7. The first-order chi connectivity index (χ1) is 11.1. The van der Waals surface area contributed by atoms with E-state index in [1.54, 1.807) is 12.1 Å². The van der Waals surface area contributed by atoms with Crippen molar-refractivity contribution in [2.24, 2.45) is 0 Å². The van der Waals surface area contributed by atoms with Gasteiger partial charge in [-0.15, -0.1) is 0 Å². The Morgan fingerprint density at radius 3 is 2.74 bits per heavy atom. The van der Waals surface area contributed by atoms with Crippen molar-refractivity contribution < 1.29 is 18.7 Å². The monoisotopic (exact) mass is 324 g/mol. The molecule has 1 aliphatic rings. The maximum atomic E-state index is 13.5. The van der Waals surface area contributed by atoms with Crippen molar-refractivity contribution in [1.29, 1.82) is 0 Å². The summed E-state index contributed by atoms with van der Waals surface area (Å²) in [6, 6.07) is 4.41. The highest BCUT2D eigenvalue weighted by Crippen LogP contribution is 2.23. The number of benzene rings is 1. The van der Waals surface area contributed by atoms with Gasteiger partial charge in [0.05, 0.1) is 26.4 Å². The zero-order valence-corrected chi connectivity index (χ0v) is 14.0. The third-order valence-electron chi connectivity index (χ3n) is 4.16. The van der Waals surface area contributed by atoms with Crippen LogP contribution in [0.4, 0.5) is 4.39 Å². The van der Waals surface area contributed by atoms with Gasteiger partial charge in [-0.1, -0.05) is 13.0 Å². The third-order valence-corrected chi connectivity index (χ3v) is 4.16. The van der Waals surface area contributed by atoms with Gasteiger partial charge >= 0.3 is 0 Å². The first-order valence-corrected chi connectivity index (χ1v) is 8.02. The minimum absolute atomic E-state index is 0.0839. The molecule has 1 fully saturated rings. The molecule has 1 aromatic rings. The molecule has 0 radical (unpaired) electrons. The van der Waals surface area contributed by atoms with Gasteiger partial charge < -0.3 is 14.4 Å². The normalized spacial score (nSPS) is 17.7. The fourth-order valence-corrected chi connectivity index (χ4v) is 2.71. The molecule has 0 unspecified atom stereocenters. The zero-order chi connectivity index (χ0) is 16.8. The standard InChI is InChI=1S/C17H25FN2O3/c1-4-15(17(21)20-7-9-23-10-8-20)19-12(2)13-5-6-14(18)16(11-13)22-3/h5-6,11-12,15,19H,4,7-10H2,1-3H3/t12-,15+/m1/s1. The van der Waals surface area contributed by atoms with Gasteiger partial charge in [-0.25, -0.2) is 4.39 Å². The lowest BCUT2D eigenvalue weighted by Gasteiger charge is -2.31. The number of nitrogens with zero attached hydrogens (tertiary/aromatic N) is 1. The maximum Gasteiger partial charge on any atom is 0.239 e. The van der Waals surface area contributed by atoms with Crippen molar-refractivity contribution in [2.45, 2.75) is 32.4 Å². The summed E-state index contributed by atoms with van der Waals surface area (Å²) in [7, 11) is 1.44. The van der Waals surface area contributed by atoms with Crippen molar-refractivity contribution in [3.63, 3.8) is 0 Å². The van der Waals surface area contributed by atoms with Gasteiger partial charge in [0.15, 0.2) is 11.6 Å². The average Bonchev–Trinajstić information content (AvgIpc) is 2.60. The van der Waals surface area contributed by atoms with E-state index in [1.165, 1.54) is 13.2 Å². The molecule has 0 aliphatic carbocycles. The fourth-order valence-electron chi connectivity index (χ4n) is 2.71. The Bertz CT molecular complexity index is 533. The van der Waals surface area contributed by atoms with Gasteiger partial charge in [0, 0.05) is 19.1 Å². The smallest absolute Gasteiger partial charge is 0.239 e. The summed E-state index contributed by atoms with van der Waals surface area (Å²) in [5, 5.41) is 3.34. The molecule has 0 spiro atoms. The molecule has 0 aromatic heterocycles. The molecule has 23 heavy (non-hydrogen) atoms. The molecule has 2 atom stereocenters. The number of ether oxygens (including phenoxy) is 2. The van der Waals surface area contributed by atoms with E-state index in [4.69, 9.17) is 9.47 Å². The first-order valence-electron chi connectivity index (χ1n) is 8.02. The topological polar surface area (TPSA) is 50.8 Å². The second kappa shape index (κ2) is 8.26. The van der Waals surface area contributed by atoms with E-state index in [2.05, 4.69) is 5.32 Å². The molecule has 6 heteroatoms. The highest BCUT2D eigenvalue weighted by atomic mass is 19.1. The Morgan fingerprint density at radius 2 is 2.13 bits per heavy atom. The zero-order valence-electron chi connectivity index (χ0n) is 14.0. The van der Waals surface area contributed by atoms with E-state index in [9.17, 15) is 9.18 Å². The molecule has 0 saturated carbocycles. The molecular weight excluding hydrogens is 299 g/mol. The number of hydrogen-bond acceptors (Lipinski definition) is 4. The Kier molecular flexibility index (Phi) is 6.36. The molecule has 1 amide bonds. The summed E-state index contributed by atoms with van der Waals surface area (Å²) in [4.78, 5) is 14.4. The van der Waals surface area contributed by atoms with E-state index in [-0.39, 0.29) is 29.6 Å². The lowest BCUT2D eigenvalue weighted by Crippen LogP contribution is -2.50. The predicted molar refractivity (Wildman–Crippen MR) is 86.0 cm³/mol. The van der Waals surface area contributed by atoms with Crippen molar-refractivity contribution in [3.05, 3.63) is 29.6 Å². The average molecular weight is 324 g/mol. The largest absolute Gasteiger partial charge is 0.494 e. The molecule has 5 nitrogen and oxygen atoms in total. The van der Waals surface area contributed by atoms with Crippen LogP contribution in [0.1, 0.15) is 31.9 Å². The second-order valence-electron chi connectivity index (χ2n) is 5.68. The van der Waals surface area contributed by atoms with Crippen LogP contribution in [0, 0.1) is 5.82 Å². The quantitative estimate of drug-likeness (QED) is 0.871. The fraction of sp³-hybridized carbons (Fsp3) is 0.588. The third kappa shape index (κ3) is 4.42. The van der Waals surface area contributed by atoms with Crippen LogP contribution in [0.25, 0.3) is 0 Å². The Morgan fingerprint density at radius 1 is 1.43 bits per heavy atom. The molecule has 128 valence electrons. The van der Waals surface area contributed by atoms with Gasteiger partial charge in [-0.3, -0.25) is 10.1 Å². The van der Waals surface area contributed by atoms with Crippen LogP contribution < -0.4 is 10.1 Å². The summed E-state index contributed by atoms with van der Waals surface area (Å²) in [6.07, 6.45) is 0.693. The Labute approximate surface area is 136 Å². The minimum Gasteiger partial charge on any atom is -0.494 e. The summed E-state index contributed by atoms with van der Waals surface area (Å²) in [5.74, 6) is -0.0830. The van der Waals surface area contributed by atoms with E-state index >= 15 is 0 Å². The van der Waals surface area contributed by atoms with Gasteiger partial charge in [0.1, 0.15) is 0 Å². The molecule has 1 N–H and O–H groups in total. The second-order valence-corrected chi connectivity index (χ2v) is 5.68. The number of amides is 1. The predicted octanol–water partition coefficient (Wildman–Crippen LogP) is 2.12. The van der Waals surface area contributed by atoms with Crippen LogP contribution in [0.2, 0.25) is 0 Å². The number of halogens is 1. The number of carbonyl (C=O) groups is 1. The molecule has 1 heterocycles. The van der Waals surface area contributed by atoms with Gasteiger partial charge in [0.25, 0.3) is 0 Å². The molecular formula is C17H25FN2O3. The van der Waals surface area contributed by atoms with E-state index in [1.807, 2.05) is 18.7 Å². The molecule has 1 saturated heterocycles. The van der Waals surface area contributed by atoms with Gasteiger partial charge in [-0.2, -0.15) is 0 Å². The molecule has 2 rings (SSSR count). The molecule has 0 bridgehead atoms. The number of hydrogen-bond donors (Lipinski definition) is 1. The van der Waals surface area contributed by atoms with Crippen LogP contribution in [-0.2, 0) is 9.53 Å². The number of methoxy groups -OCH3 is 1. The lowest BCUT2D eigenvalue weighted by atomic mass is 10.1. The van der Waals surface area contributed by atoms with Crippen molar-refractivity contribution in [1.82, 2.24) is 10.2 Å². The van der Waals surface area contributed by atoms with Crippen LogP contribution in [0.5, 0.6) is 5.75 Å². The van der Waals surface area contributed by atoms with Crippen LogP contribution in [0.3, 0.4) is 0 Å². The van der Waals surface area contributed by atoms with Crippen molar-refractivity contribution >= 4 is 5.91 Å². The van der Waals surface area contributed by atoms with Crippen LogP contribution >= 0.6 is 0 Å². The highest BCUT2D eigenvalue weighted by molar-refractivity contribution is 5.82. The molecule has 1 aromatic carbocycles. The number of carbonyl (C=O) groups excluding carboxylic acids is 1. The summed E-state index contributed by atoms with van der Waals surface area (Å²) in [5.41, 5.74) is 0.886. The van der Waals surface area contributed by atoms with Crippen LogP contribution in [0.15, 0.2) is 18.2 Å². The molecule has 1 aliphatic heterocycles. The SMILES string of the molecule is CC[C@H](N[C@H](C)c1ccc(F)c(OC)c1)C(=O)N1CCOCC1. The Balaban J connectivity index is 2.03. The number of rotatable bonds is 6. The minimum atomic E-state index is -0.389. The van der Waals surface area contributed by atoms with Crippen LogP contribution in [-0.4, -0.2) is 50.3 Å². The number of nitrogens with one attached hydrogen (secondary N) is 1. The van der Waals surface area contributed by atoms with E-state index in [0.29, 0.717) is 32.7 Å². The van der Waals surface area contributed by atoms with Gasteiger partial charge in [0.2, 0.25) is 5.91 Å². The highest BCUT2D eigenvalue weighted by Gasteiger charge is 2.26. The maximum absolute atomic E-state index is 13.5. The summed E-state index contributed by atoms with van der Waals surface area (Å²) in [6.45, 7) is 6.39. The Hall–Kier alpha value is -1.66. The van der Waals surface area contributed by atoms with Gasteiger partial charge in [-0.05, 0) is 31.0 Å². The summed E-state index contributed by atoms with van der Waals surface area (Å²) < 4.78 is 23.8. The van der Waals surface area contributed by atoms with Crippen molar-refractivity contribution in [2.75, 3.05) is 33.4 Å². The van der Waals surface area contributed by atoms with Crippen molar-refractivity contribution in [3.8, 4) is 5.75 Å². The van der Waals surface area contributed by atoms with E-state index in [0.717, 1.165) is 5.56 Å².